The molecule has 4 nitrogen and oxygen atoms in total. The van der Waals surface area contributed by atoms with Crippen molar-refractivity contribution in [3.8, 4) is 9.88 Å². The Balaban J connectivity index is 1.88. The lowest BCUT2D eigenvalue weighted by atomic mass is 10.1. The van der Waals surface area contributed by atoms with Gasteiger partial charge in [0.25, 0.3) is 5.91 Å². The molecule has 2 unspecified atom stereocenters. The van der Waals surface area contributed by atoms with E-state index in [4.69, 9.17) is 11.6 Å². The van der Waals surface area contributed by atoms with Crippen molar-refractivity contribution >= 4 is 40.2 Å². The standard InChI is InChI=1S/C15H18ClN3OS2/c1-8-10(3)19(7-6-17-8)15(20)13-9(2)18-14(22-13)11-4-5-12(16)21-11/h4-5,8,10,17H,6-7H2,1-3H3. The number of carbonyl (C=O) groups excluding carboxylic acids is 1. The summed E-state index contributed by atoms with van der Waals surface area (Å²) in [6, 6.07) is 4.30. The first-order valence-corrected chi connectivity index (χ1v) is 9.26. The fourth-order valence-electron chi connectivity index (χ4n) is 2.60. The van der Waals surface area contributed by atoms with Gasteiger partial charge in [0.15, 0.2) is 0 Å². The smallest absolute Gasteiger partial charge is 0.266 e. The zero-order valence-corrected chi connectivity index (χ0v) is 15.1. The third-order valence-corrected chi connectivity index (χ3v) is 6.62. The molecule has 0 bridgehead atoms. The molecule has 0 spiro atoms. The second-order valence-corrected chi connectivity index (χ2v) is 8.23. The summed E-state index contributed by atoms with van der Waals surface area (Å²) in [7, 11) is 0. The Hall–Kier alpha value is -0.950. The Morgan fingerprint density at radius 1 is 1.41 bits per heavy atom. The van der Waals surface area contributed by atoms with Gasteiger partial charge in [0.1, 0.15) is 9.88 Å². The third kappa shape index (κ3) is 2.93. The first-order valence-electron chi connectivity index (χ1n) is 7.25. The van der Waals surface area contributed by atoms with Gasteiger partial charge in [-0.3, -0.25) is 4.79 Å². The number of nitrogens with one attached hydrogen (secondary N) is 1. The number of rotatable bonds is 2. The van der Waals surface area contributed by atoms with E-state index in [9.17, 15) is 4.79 Å². The molecular weight excluding hydrogens is 338 g/mol. The summed E-state index contributed by atoms with van der Waals surface area (Å²) in [6.07, 6.45) is 0. The number of thiazole rings is 1. The Bertz CT molecular complexity index is 697. The first-order chi connectivity index (χ1) is 10.5. The molecule has 1 N–H and O–H groups in total. The quantitative estimate of drug-likeness (QED) is 0.894. The zero-order valence-electron chi connectivity index (χ0n) is 12.7. The van der Waals surface area contributed by atoms with Crippen LogP contribution >= 0.6 is 34.3 Å². The first kappa shape index (κ1) is 15.9. The molecule has 0 radical (unpaired) electrons. The summed E-state index contributed by atoms with van der Waals surface area (Å²) in [5.74, 6) is 0.0877. The maximum Gasteiger partial charge on any atom is 0.266 e. The topological polar surface area (TPSA) is 45.2 Å². The van der Waals surface area contributed by atoms with Gasteiger partial charge in [-0.1, -0.05) is 11.6 Å². The van der Waals surface area contributed by atoms with Gasteiger partial charge >= 0.3 is 0 Å². The molecular formula is C15H18ClN3OS2. The minimum Gasteiger partial charge on any atom is -0.332 e. The lowest BCUT2D eigenvalue weighted by Gasteiger charge is -2.38. The van der Waals surface area contributed by atoms with Crippen LogP contribution in [0.5, 0.6) is 0 Å². The molecule has 3 rings (SSSR count). The van der Waals surface area contributed by atoms with Gasteiger partial charge in [-0.15, -0.1) is 22.7 Å². The number of nitrogens with zero attached hydrogens (tertiary/aromatic N) is 2. The van der Waals surface area contributed by atoms with E-state index in [1.165, 1.54) is 22.7 Å². The molecule has 118 valence electrons. The molecule has 7 heteroatoms. The third-order valence-electron chi connectivity index (χ3n) is 4.07. The predicted molar refractivity (Wildman–Crippen MR) is 93.1 cm³/mol. The number of aryl methyl sites for hydroxylation is 1. The molecule has 1 fully saturated rings. The number of thiophene rings is 1. The normalized spacial score (nSPS) is 22.1. The van der Waals surface area contributed by atoms with Gasteiger partial charge in [-0.25, -0.2) is 4.98 Å². The van der Waals surface area contributed by atoms with Crippen LogP contribution in [-0.2, 0) is 0 Å². The zero-order chi connectivity index (χ0) is 15.9. The van der Waals surface area contributed by atoms with E-state index < -0.39 is 0 Å². The molecule has 1 aliphatic heterocycles. The highest BCUT2D eigenvalue weighted by Crippen LogP contribution is 2.35. The van der Waals surface area contributed by atoms with E-state index >= 15 is 0 Å². The Labute approximate surface area is 143 Å². The van der Waals surface area contributed by atoms with Gasteiger partial charge < -0.3 is 10.2 Å². The highest BCUT2D eigenvalue weighted by atomic mass is 35.5. The van der Waals surface area contributed by atoms with Crippen molar-refractivity contribution in [2.75, 3.05) is 13.1 Å². The molecule has 1 aliphatic rings. The molecule has 2 aromatic rings. The number of hydrogen-bond donors (Lipinski definition) is 1. The second kappa shape index (κ2) is 6.28. The minimum absolute atomic E-state index is 0.0877. The average Bonchev–Trinajstić information content (AvgIpc) is 3.07. The number of carbonyl (C=O) groups is 1. The van der Waals surface area contributed by atoms with E-state index in [1.807, 2.05) is 24.0 Å². The Morgan fingerprint density at radius 3 is 2.86 bits per heavy atom. The lowest BCUT2D eigenvalue weighted by molar-refractivity contribution is 0.0607. The highest BCUT2D eigenvalue weighted by molar-refractivity contribution is 7.24. The maximum atomic E-state index is 12.9. The Kier molecular flexibility index (Phi) is 4.54. The second-order valence-electron chi connectivity index (χ2n) is 5.52. The molecule has 1 saturated heterocycles. The summed E-state index contributed by atoms with van der Waals surface area (Å²) in [5.41, 5.74) is 0.799. The number of amides is 1. The van der Waals surface area contributed by atoms with Crippen molar-refractivity contribution in [2.24, 2.45) is 0 Å². The van der Waals surface area contributed by atoms with Crippen LogP contribution in [0.15, 0.2) is 12.1 Å². The molecule has 2 aromatic heterocycles. The van der Waals surface area contributed by atoms with Crippen LogP contribution in [0.3, 0.4) is 0 Å². The Morgan fingerprint density at radius 2 is 2.18 bits per heavy atom. The molecule has 3 heterocycles. The molecule has 22 heavy (non-hydrogen) atoms. The number of piperazine rings is 1. The number of halogens is 1. The van der Waals surface area contributed by atoms with E-state index in [-0.39, 0.29) is 11.9 Å². The van der Waals surface area contributed by atoms with E-state index in [0.717, 1.165) is 37.9 Å². The minimum atomic E-state index is 0.0877. The molecule has 0 aliphatic carbocycles. The lowest BCUT2D eigenvalue weighted by Crippen LogP contribution is -2.57. The summed E-state index contributed by atoms with van der Waals surface area (Å²) in [4.78, 5) is 21.1. The summed E-state index contributed by atoms with van der Waals surface area (Å²) in [5, 5.41) is 4.27. The van der Waals surface area contributed by atoms with Gasteiger partial charge in [-0.2, -0.15) is 0 Å². The average molecular weight is 356 g/mol. The van der Waals surface area contributed by atoms with Gasteiger partial charge in [-0.05, 0) is 32.9 Å². The van der Waals surface area contributed by atoms with Crippen LogP contribution in [-0.4, -0.2) is 41.0 Å². The van der Waals surface area contributed by atoms with Crippen molar-refractivity contribution in [3.05, 3.63) is 27.0 Å². The van der Waals surface area contributed by atoms with Crippen LogP contribution in [0.4, 0.5) is 0 Å². The van der Waals surface area contributed by atoms with E-state index in [1.54, 1.807) is 0 Å². The van der Waals surface area contributed by atoms with Crippen molar-refractivity contribution in [3.63, 3.8) is 0 Å². The molecule has 0 aromatic carbocycles. The summed E-state index contributed by atoms with van der Waals surface area (Å²) < 4.78 is 0.736. The maximum absolute atomic E-state index is 12.9. The van der Waals surface area contributed by atoms with Crippen LogP contribution in [0.2, 0.25) is 4.34 Å². The van der Waals surface area contributed by atoms with Gasteiger partial charge in [0.2, 0.25) is 0 Å². The summed E-state index contributed by atoms with van der Waals surface area (Å²) in [6.45, 7) is 7.68. The van der Waals surface area contributed by atoms with Crippen molar-refractivity contribution in [1.29, 1.82) is 0 Å². The van der Waals surface area contributed by atoms with Crippen molar-refractivity contribution in [1.82, 2.24) is 15.2 Å². The van der Waals surface area contributed by atoms with E-state index in [0.29, 0.717) is 6.04 Å². The monoisotopic (exact) mass is 355 g/mol. The fourth-order valence-corrected chi connectivity index (χ4v) is 4.72. The van der Waals surface area contributed by atoms with Crippen LogP contribution in [0, 0.1) is 6.92 Å². The van der Waals surface area contributed by atoms with Crippen LogP contribution < -0.4 is 5.32 Å². The number of hydrogen-bond acceptors (Lipinski definition) is 5. The van der Waals surface area contributed by atoms with Crippen LogP contribution in [0.1, 0.15) is 29.2 Å². The van der Waals surface area contributed by atoms with E-state index in [2.05, 4.69) is 24.1 Å². The predicted octanol–water partition coefficient (Wildman–Crippen LogP) is 3.66. The molecule has 2 atom stereocenters. The molecule has 1 amide bonds. The van der Waals surface area contributed by atoms with Gasteiger partial charge in [0, 0.05) is 25.2 Å². The summed E-state index contributed by atoms with van der Waals surface area (Å²) >= 11 is 8.94. The van der Waals surface area contributed by atoms with Gasteiger partial charge in [0.05, 0.1) is 14.9 Å². The van der Waals surface area contributed by atoms with Crippen molar-refractivity contribution in [2.45, 2.75) is 32.9 Å². The fraction of sp³-hybridized carbons (Fsp3) is 0.467. The molecule has 0 saturated carbocycles. The van der Waals surface area contributed by atoms with Crippen molar-refractivity contribution < 1.29 is 4.79 Å². The largest absolute Gasteiger partial charge is 0.332 e. The highest BCUT2D eigenvalue weighted by Gasteiger charge is 2.31. The number of aromatic nitrogens is 1. The van der Waals surface area contributed by atoms with Crippen LogP contribution in [0.25, 0.3) is 9.88 Å². The SMILES string of the molecule is Cc1nc(-c2ccc(Cl)s2)sc1C(=O)N1CCNC(C)C1C.